The van der Waals surface area contributed by atoms with Gasteiger partial charge in [0.25, 0.3) is 0 Å². The molecule has 0 aliphatic heterocycles. The molecule has 0 saturated carbocycles. The first kappa shape index (κ1) is 19.5. The summed E-state index contributed by atoms with van der Waals surface area (Å²) in [7, 11) is 0. The molecule has 0 heterocycles. The number of nitrogens with one attached hydrogen (secondary N) is 1. The number of aryl methyl sites for hydroxylation is 2. The molecule has 0 bridgehead atoms. The fourth-order valence-corrected chi connectivity index (χ4v) is 2.72. The van der Waals surface area contributed by atoms with Crippen LogP contribution in [-0.4, -0.2) is 29.8 Å². The number of rotatable bonds is 7. The van der Waals surface area contributed by atoms with E-state index < -0.39 is 0 Å². The molecule has 1 rings (SSSR count). The van der Waals surface area contributed by atoms with Gasteiger partial charge < -0.3 is 10.2 Å². The molecule has 23 heavy (non-hydrogen) atoms. The van der Waals surface area contributed by atoms with Crippen molar-refractivity contribution in [3.05, 3.63) is 28.3 Å². The minimum atomic E-state index is -0.130. The Balaban J connectivity index is 2.61. The lowest BCUT2D eigenvalue weighted by Crippen LogP contribution is -2.33. The molecule has 0 aromatic heterocycles. The maximum Gasteiger partial charge on any atom is 0.226 e. The van der Waals surface area contributed by atoms with E-state index in [9.17, 15) is 9.59 Å². The third kappa shape index (κ3) is 6.61. The fourth-order valence-electron chi connectivity index (χ4n) is 2.35. The third-order valence-electron chi connectivity index (χ3n) is 3.73. The summed E-state index contributed by atoms with van der Waals surface area (Å²) >= 11 is 6.20. The summed E-state index contributed by atoms with van der Waals surface area (Å²) in [4.78, 5) is 25.5. The van der Waals surface area contributed by atoms with Crippen molar-refractivity contribution in [3.63, 3.8) is 0 Å². The van der Waals surface area contributed by atoms with Crippen LogP contribution in [0, 0.1) is 19.8 Å². The van der Waals surface area contributed by atoms with E-state index in [2.05, 4.69) is 19.2 Å². The van der Waals surface area contributed by atoms with Crippen LogP contribution in [0.15, 0.2) is 12.1 Å². The molecule has 4 nitrogen and oxygen atoms in total. The van der Waals surface area contributed by atoms with E-state index in [1.807, 2.05) is 26.0 Å². The third-order valence-corrected chi connectivity index (χ3v) is 4.02. The summed E-state index contributed by atoms with van der Waals surface area (Å²) in [6.07, 6.45) is 1.20. The van der Waals surface area contributed by atoms with Gasteiger partial charge in [0.2, 0.25) is 11.8 Å². The molecule has 1 aromatic carbocycles. The summed E-state index contributed by atoms with van der Waals surface area (Å²) in [5.74, 6) is 0.400. The van der Waals surface area contributed by atoms with Crippen LogP contribution in [-0.2, 0) is 9.59 Å². The van der Waals surface area contributed by atoms with Gasteiger partial charge in [-0.2, -0.15) is 0 Å². The standard InChI is InChI=1S/C18H27ClN2O2/c1-12(2)6-8-21(15(5)22)9-7-17(23)20-18-14(4)10-13(3)11-16(18)19/h10-12H,6-9H2,1-5H3,(H,20,23). The van der Waals surface area contributed by atoms with Gasteiger partial charge in [-0.3, -0.25) is 9.59 Å². The summed E-state index contributed by atoms with van der Waals surface area (Å²) < 4.78 is 0. The highest BCUT2D eigenvalue weighted by Gasteiger charge is 2.14. The first-order valence-electron chi connectivity index (χ1n) is 8.02. The zero-order chi connectivity index (χ0) is 17.6. The second-order valence-electron chi connectivity index (χ2n) is 6.43. The molecule has 0 atom stereocenters. The topological polar surface area (TPSA) is 49.4 Å². The van der Waals surface area contributed by atoms with Crippen LogP contribution in [0.4, 0.5) is 5.69 Å². The zero-order valence-electron chi connectivity index (χ0n) is 14.7. The molecule has 0 fully saturated rings. The monoisotopic (exact) mass is 338 g/mol. The molecule has 1 N–H and O–H groups in total. The summed E-state index contributed by atoms with van der Waals surface area (Å²) in [5.41, 5.74) is 2.65. The van der Waals surface area contributed by atoms with Crippen LogP contribution in [0.1, 0.15) is 44.7 Å². The molecule has 1 aromatic rings. The molecule has 128 valence electrons. The van der Waals surface area contributed by atoms with Crippen molar-refractivity contribution in [1.29, 1.82) is 0 Å². The second-order valence-corrected chi connectivity index (χ2v) is 6.83. The predicted molar refractivity (Wildman–Crippen MR) is 95.9 cm³/mol. The quantitative estimate of drug-likeness (QED) is 0.810. The van der Waals surface area contributed by atoms with Gasteiger partial charge in [-0.15, -0.1) is 0 Å². The number of carbonyl (C=O) groups is 2. The maximum atomic E-state index is 12.2. The zero-order valence-corrected chi connectivity index (χ0v) is 15.5. The Morgan fingerprint density at radius 3 is 2.39 bits per heavy atom. The number of carbonyl (C=O) groups excluding carboxylic acids is 2. The molecular weight excluding hydrogens is 312 g/mol. The van der Waals surface area contributed by atoms with Gasteiger partial charge in [0.15, 0.2) is 0 Å². The van der Waals surface area contributed by atoms with Crippen LogP contribution in [0.2, 0.25) is 5.02 Å². The van der Waals surface area contributed by atoms with Crippen molar-refractivity contribution in [2.75, 3.05) is 18.4 Å². The molecule has 0 radical (unpaired) electrons. The molecule has 0 spiro atoms. The van der Waals surface area contributed by atoms with Gasteiger partial charge in [0.05, 0.1) is 10.7 Å². The number of anilines is 1. The Bertz CT molecular complexity index is 547. The molecule has 2 amide bonds. The first-order chi connectivity index (χ1) is 10.7. The van der Waals surface area contributed by atoms with E-state index in [0.717, 1.165) is 17.5 Å². The average Bonchev–Trinajstić information content (AvgIpc) is 2.42. The largest absolute Gasteiger partial charge is 0.342 e. The van der Waals surface area contributed by atoms with Crippen LogP contribution >= 0.6 is 11.6 Å². The Kier molecular flexibility index (Phi) is 7.56. The lowest BCUT2D eigenvalue weighted by Gasteiger charge is -2.22. The van der Waals surface area contributed by atoms with Crippen molar-refractivity contribution in [2.45, 2.75) is 47.5 Å². The number of amides is 2. The van der Waals surface area contributed by atoms with Crippen molar-refractivity contribution >= 4 is 29.1 Å². The number of halogens is 1. The van der Waals surface area contributed by atoms with Crippen molar-refractivity contribution in [2.24, 2.45) is 5.92 Å². The van der Waals surface area contributed by atoms with Crippen molar-refractivity contribution in [3.8, 4) is 0 Å². The Morgan fingerprint density at radius 2 is 1.87 bits per heavy atom. The number of hydrogen-bond acceptors (Lipinski definition) is 2. The highest BCUT2D eigenvalue weighted by atomic mass is 35.5. The minimum absolute atomic E-state index is 0.00278. The van der Waals surface area contributed by atoms with Gasteiger partial charge in [0, 0.05) is 26.4 Å². The molecule has 0 aliphatic rings. The van der Waals surface area contributed by atoms with E-state index in [-0.39, 0.29) is 18.2 Å². The lowest BCUT2D eigenvalue weighted by atomic mass is 10.1. The highest BCUT2D eigenvalue weighted by molar-refractivity contribution is 6.34. The number of benzene rings is 1. The van der Waals surface area contributed by atoms with Crippen molar-refractivity contribution in [1.82, 2.24) is 4.90 Å². The van der Waals surface area contributed by atoms with Crippen LogP contribution in [0.5, 0.6) is 0 Å². The van der Waals surface area contributed by atoms with E-state index in [1.54, 1.807) is 11.8 Å². The minimum Gasteiger partial charge on any atom is -0.342 e. The van der Waals surface area contributed by atoms with E-state index in [0.29, 0.717) is 29.7 Å². The van der Waals surface area contributed by atoms with E-state index in [4.69, 9.17) is 11.6 Å². The SMILES string of the molecule is CC(=O)N(CCC(=O)Nc1c(C)cc(C)cc1Cl)CCC(C)C. The molecule has 0 unspecified atom stereocenters. The molecule has 0 saturated heterocycles. The maximum absolute atomic E-state index is 12.2. The Hall–Kier alpha value is -1.55. The lowest BCUT2D eigenvalue weighted by molar-refractivity contribution is -0.129. The molecule has 5 heteroatoms. The van der Waals surface area contributed by atoms with E-state index >= 15 is 0 Å². The Morgan fingerprint density at radius 1 is 1.22 bits per heavy atom. The molecular formula is C18H27ClN2O2. The predicted octanol–water partition coefficient (Wildman–Crippen LogP) is 4.18. The summed E-state index contributed by atoms with van der Waals surface area (Å²) in [6, 6.07) is 3.81. The Labute approximate surface area is 144 Å². The summed E-state index contributed by atoms with van der Waals surface area (Å²) in [5, 5.41) is 3.40. The average molecular weight is 339 g/mol. The van der Waals surface area contributed by atoms with Gasteiger partial charge in [0.1, 0.15) is 0 Å². The smallest absolute Gasteiger partial charge is 0.226 e. The first-order valence-corrected chi connectivity index (χ1v) is 8.40. The van der Waals surface area contributed by atoms with Crippen LogP contribution in [0.3, 0.4) is 0 Å². The summed E-state index contributed by atoms with van der Waals surface area (Å²) in [6.45, 7) is 10.8. The van der Waals surface area contributed by atoms with Gasteiger partial charge in [-0.25, -0.2) is 0 Å². The van der Waals surface area contributed by atoms with Gasteiger partial charge >= 0.3 is 0 Å². The second kappa shape index (κ2) is 8.92. The molecule has 0 aliphatic carbocycles. The van der Waals surface area contributed by atoms with E-state index in [1.165, 1.54) is 0 Å². The van der Waals surface area contributed by atoms with Gasteiger partial charge in [-0.1, -0.05) is 31.5 Å². The fraction of sp³-hybridized carbons (Fsp3) is 0.556. The van der Waals surface area contributed by atoms with Crippen molar-refractivity contribution < 1.29 is 9.59 Å². The van der Waals surface area contributed by atoms with Crippen LogP contribution in [0.25, 0.3) is 0 Å². The van der Waals surface area contributed by atoms with Gasteiger partial charge in [-0.05, 0) is 43.4 Å². The number of hydrogen-bond donors (Lipinski definition) is 1. The van der Waals surface area contributed by atoms with Crippen LogP contribution < -0.4 is 5.32 Å². The highest BCUT2D eigenvalue weighted by Crippen LogP contribution is 2.27. The number of nitrogens with zero attached hydrogens (tertiary/aromatic N) is 1. The normalized spacial score (nSPS) is 10.7.